The van der Waals surface area contributed by atoms with Crippen molar-refractivity contribution in [2.45, 2.75) is 40.2 Å². The molecule has 0 amide bonds. The van der Waals surface area contributed by atoms with Crippen molar-refractivity contribution in [2.24, 2.45) is 0 Å². The van der Waals surface area contributed by atoms with Crippen LogP contribution >= 0.6 is 0 Å². The summed E-state index contributed by atoms with van der Waals surface area (Å²) in [7, 11) is 0. The summed E-state index contributed by atoms with van der Waals surface area (Å²) in [5.74, 6) is -0.776. The predicted octanol–water partition coefficient (Wildman–Crippen LogP) is 6.56. The molecule has 0 atom stereocenters. The number of aromatic nitrogens is 2. The van der Waals surface area contributed by atoms with Gasteiger partial charge in [0.2, 0.25) is 0 Å². The minimum Gasteiger partial charge on any atom is -0.478 e. The molecular formula is C28H31N3O2. The monoisotopic (exact) mass is 441 g/mol. The van der Waals surface area contributed by atoms with Gasteiger partial charge in [-0.05, 0) is 71.1 Å². The molecule has 5 heteroatoms. The fourth-order valence-corrected chi connectivity index (χ4v) is 4.38. The molecule has 5 nitrogen and oxygen atoms in total. The average molecular weight is 442 g/mol. The normalized spacial score (nSPS) is 11.6. The summed E-state index contributed by atoms with van der Waals surface area (Å²) in [5, 5.41) is 10.6. The van der Waals surface area contributed by atoms with Gasteiger partial charge in [-0.2, -0.15) is 0 Å². The number of carboxylic acids is 1. The number of nitrogens with zero attached hydrogens (tertiary/aromatic N) is 2. The second kappa shape index (κ2) is 9.59. The van der Waals surface area contributed by atoms with E-state index in [1.807, 2.05) is 32.0 Å². The number of nitrogens with one attached hydrogen (secondary N) is 1. The molecule has 2 aromatic carbocycles. The van der Waals surface area contributed by atoms with Crippen LogP contribution in [-0.4, -0.2) is 39.0 Å². The molecule has 0 spiro atoms. The Labute approximate surface area is 195 Å². The largest absolute Gasteiger partial charge is 0.478 e. The van der Waals surface area contributed by atoms with E-state index >= 15 is 0 Å². The highest BCUT2D eigenvalue weighted by atomic mass is 16.4. The zero-order valence-electron chi connectivity index (χ0n) is 19.7. The Balaban J connectivity index is 1.76. The van der Waals surface area contributed by atoms with Gasteiger partial charge in [-0.1, -0.05) is 58.0 Å². The lowest BCUT2D eigenvalue weighted by atomic mass is 9.92. The van der Waals surface area contributed by atoms with Crippen LogP contribution < -0.4 is 0 Å². The molecule has 0 saturated carbocycles. The first-order chi connectivity index (χ1) is 15.9. The standard InChI is InChI=1S/C28H31N3O2/c1-5-31(6-2)17-19-8-7-9-21(14-19)26-16-25-22(12-13-29-27(25)30-26)20-10-11-23(28(32)33)24(15-20)18(3)4/h7-16,18H,5-6,17H2,1-4H3,(H,29,30)(H,32,33). The molecule has 33 heavy (non-hydrogen) atoms. The summed E-state index contributed by atoms with van der Waals surface area (Å²) in [5.41, 5.74) is 7.51. The Kier molecular flexibility index (Phi) is 6.61. The number of hydrogen-bond acceptors (Lipinski definition) is 3. The molecule has 0 saturated heterocycles. The highest BCUT2D eigenvalue weighted by molar-refractivity contribution is 5.97. The van der Waals surface area contributed by atoms with Crippen molar-refractivity contribution in [3.8, 4) is 22.4 Å². The van der Waals surface area contributed by atoms with Gasteiger partial charge in [0.25, 0.3) is 0 Å². The van der Waals surface area contributed by atoms with Gasteiger partial charge in [-0.15, -0.1) is 0 Å². The topological polar surface area (TPSA) is 69.2 Å². The summed E-state index contributed by atoms with van der Waals surface area (Å²) in [6, 6.07) is 18.4. The van der Waals surface area contributed by atoms with Crippen LogP contribution in [0.4, 0.5) is 0 Å². The van der Waals surface area contributed by atoms with Gasteiger partial charge in [-0.25, -0.2) is 9.78 Å². The van der Waals surface area contributed by atoms with Crippen molar-refractivity contribution in [3.63, 3.8) is 0 Å². The predicted molar refractivity (Wildman–Crippen MR) is 135 cm³/mol. The third kappa shape index (κ3) is 4.69. The third-order valence-electron chi connectivity index (χ3n) is 6.29. The molecule has 0 radical (unpaired) electrons. The Bertz CT molecular complexity index is 1290. The molecule has 170 valence electrons. The van der Waals surface area contributed by atoms with E-state index in [0.29, 0.717) is 5.56 Å². The Morgan fingerprint density at radius 3 is 2.52 bits per heavy atom. The van der Waals surface area contributed by atoms with Crippen molar-refractivity contribution in [1.82, 2.24) is 14.9 Å². The fraction of sp³-hybridized carbons (Fsp3) is 0.286. The lowest BCUT2D eigenvalue weighted by molar-refractivity contribution is 0.0695. The highest BCUT2D eigenvalue weighted by Crippen LogP contribution is 2.34. The number of aromatic amines is 1. The lowest BCUT2D eigenvalue weighted by Crippen LogP contribution is -2.22. The van der Waals surface area contributed by atoms with Gasteiger partial charge in [0, 0.05) is 23.8 Å². The number of carboxylic acid groups (broad SMARTS) is 1. The maximum absolute atomic E-state index is 11.7. The smallest absolute Gasteiger partial charge is 0.335 e. The molecule has 0 fully saturated rings. The number of carbonyl (C=O) groups is 1. The van der Waals surface area contributed by atoms with Crippen molar-refractivity contribution in [1.29, 1.82) is 0 Å². The number of fused-ring (bicyclic) bond motifs is 1. The number of aromatic carboxylic acids is 1. The number of pyridine rings is 1. The molecule has 4 aromatic rings. The summed E-state index contributed by atoms with van der Waals surface area (Å²) < 4.78 is 0. The van der Waals surface area contributed by atoms with Gasteiger partial charge in [0.1, 0.15) is 5.65 Å². The summed E-state index contributed by atoms with van der Waals surface area (Å²) in [4.78, 5) is 22.1. The van der Waals surface area contributed by atoms with E-state index in [1.54, 1.807) is 12.3 Å². The quantitative estimate of drug-likeness (QED) is 0.325. The molecule has 2 heterocycles. The minimum atomic E-state index is -0.890. The van der Waals surface area contributed by atoms with E-state index in [4.69, 9.17) is 0 Å². The maximum Gasteiger partial charge on any atom is 0.335 e. The summed E-state index contributed by atoms with van der Waals surface area (Å²) in [6.07, 6.45) is 1.80. The van der Waals surface area contributed by atoms with E-state index in [-0.39, 0.29) is 5.92 Å². The molecule has 0 unspecified atom stereocenters. The first kappa shape index (κ1) is 22.7. The molecule has 4 rings (SSSR count). The molecular weight excluding hydrogens is 410 g/mol. The first-order valence-electron chi connectivity index (χ1n) is 11.6. The van der Waals surface area contributed by atoms with E-state index < -0.39 is 5.97 Å². The number of hydrogen-bond donors (Lipinski definition) is 2. The van der Waals surface area contributed by atoms with Gasteiger partial charge < -0.3 is 10.1 Å². The molecule has 2 aromatic heterocycles. The van der Waals surface area contributed by atoms with Crippen LogP contribution in [0.15, 0.2) is 60.8 Å². The maximum atomic E-state index is 11.7. The van der Waals surface area contributed by atoms with Crippen LogP contribution in [0.2, 0.25) is 0 Å². The second-order valence-electron chi connectivity index (χ2n) is 8.73. The van der Waals surface area contributed by atoms with Gasteiger partial charge >= 0.3 is 5.97 Å². The summed E-state index contributed by atoms with van der Waals surface area (Å²) in [6.45, 7) is 11.4. The van der Waals surface area contributed by atoms with Crippen LogP contribution in [0.25, 0.3) is 33.4 Å². The van der Waals surface area contributed by atoms with Gasteiger partial charge in [0.15, 0.2) is 0 Å². The van der Waals surface area contributed by atoms with E-state index in [2.05, 4.69) is 59.0 Å². The Morgan fingerprint density at radius 2 is 1.82 bits per heavy atom. The van der Waals surface area contributed by atoms with Gasteiger partial charge in [-0.3, -0.25) is 4.90 Å². The van der Waals surface area contributed by atoms with Crippen molar-refractivity contribution in [3.05, 3.63) is 77.5 Å². The van der Waals surface area contributed by atoms with E-state index in [0.717, 1.165) is 58.6 Å². The molecule has 0 bridgehead atoms. The van der Waals surface area contributed by atoms with Crippen LogP contribution in [0.1, 0.15) is 55.1 Å². The first-order valence-corrected chi connectivity index (χ1v) is 11.6. The average Bonchev–Trinajstić information content (AvgIpc) is 3.27. The SMILES string of the molecule is CCN(CC)Cc1cccc(-c2cc3c(-c4ccc(C(=O)O)c(C(C)C)c4)ccnc3[nH]2)c1. The van der Waals surface area contributed by atoms with Gasteiger partial charge in [0.05, 0.1) is 5.56 Å². The molecule has 0 aliphatic rings. The van der Waals surface area contributed by atoms with Crippen LogP contribution in [0, 0.1) is 0 Å². The lowest BCUT2D eigenvalue weighted by Gasteiger charge is -2.18. The van der Waals surface area contributed by atoms with Crippen LogP contribution in [0.5, 0.6) is 0 Å². The van der Waals surface area contributed by atoms with Crippen LogP contribution in [0.3, 0.4) is 0 Å². The second-order valence-corrected chi connectivity index (χ2v) is 8.73. The Morgan fingerprint density at radius 1 is 1.03 bits per heavy atom. The van der Waals surface area contributed by atoms with Crippen molar-refractivity contribution < 1.29 is 9.90 Å². The zero-order valence-corrected chi connectivity index (χ0v) is 19.7. The summed E-state index contributed by atoms with van der Waals surface area (Å²) >= 11 is 0. The number of benzene rings is 2. The molecule has 0 aliphatic carbocycles. The molecule has 0 aliphatic heterocycles. The Hall–Kier alpha value is -3.44. The highest BCUT2D eigenvalue weighted by Gasteiger charge is 2.16. The zero-order chi connectivity index (χ0) is 23.5. The van der Waals surface area contributed by atoms with Crippen LogP contribution in [-0.2, 0) is 6.54 Å². The van der Waals surface area contributed by atoms with Crippen molar-refractivity contribution in [2.75, 3.05) is 13.1 Å². The van der Waals surface area contributed by atoms with E-state index in [9.17, 15) is 9.90 Å². The minimum absolute atomic E-state index is 0.115. The van der Waals surface area contributed by atoms with E-state index in [1.165, 1.54) is 5.56 Å². The molecule has 2 N–H and O–H groups in total. The third-order valence-corrected chi connectivity index (χ3v) is 6.29. The number of H-pyrrole nitrogens is 1. The number of rotatable bonds is 8. The fourth-order valence-electron chi connectivity index (χ4n) is 4.38. The van der Waals surface area contributed by atoms with Crippen molar-refractivity contribution >= 4 is 17.0 Å².